The predicted molar refractivity (Wildman–Crippen MR) is 63.7 cm³/mol. The van der Waals surface area contributed by atoms with Crippen LogP contribution in [0.2, 0.25) is 0 Å². The van der Waals surface area contributed by atoms with E-state index in [1.54, 1.807) is 18.9 Å². The fourth-order valence-electron chi connectivity index (χ4n) is 1.05. The number of hydrogen-bond donors (Lipinski definition) is 0. The van der Waals surface area contributed by atoms with E-state index in [1.165, 1.54) is 18.4 Å². The van der Waals surface area contributed by atoms with Gasteiger partial charge < -0.3 is 9.47 Å². The summed E-state index contributed by atoms with van der Waals surface area (Å²) in [5.74, 6) is 1.52. The monoisotopic (exact) mass is 246 g/mol. The zero-order valence-electron chi connectivity index (χ0n) is 8.82. The van der Waals surface area contributed by atoms with Gasteiger partial charge >= 0.3 is 5.97 Å². The third-order valence-electron chi connectivity index (χ3n) is 1.81. The molecule has 84 valence electrons. The highest BCUT2D eigenvalue weighted by Gasteiger charge is 2.12. The third-order valence-corrected chi connectivity index (χ3v) is 3.71. The number of rotatable bonds is 6. The first-order chi connectivity index (χ1) is 7.29. The standard InChI is InChI=1S/C10H14O3S2/c1-12-4-6-14-7-8-3-5-15-9(8)10(11)13-2/h3,5H,4,6-7H2,1-2H3. The first-order valence-electron chi connectivity index (χ1n) is 4.51. The highest BCUT2D eigenvalue weighted by Crippen LogP contribution is 2.22. The van der Waals surface area contributed by atoms with Gasteiger partial charge in [-0.1, -0.05) is 0 Å². The first-order valence-corrected chi connectivity index (χ1v) is 6.54. The molecule has 0 fully saturated rings. The molecule has 0 aromatic carbocycles. The summed E-state index contributed by atoms with van der Waals surface area (Å²) < 4.78 is 9.65. The molecule has 0 saturated heterocycles. The Bertz CT molecular complexity index is 309. The molecular weight excluding hydrogens is 232 g/mol. The summed E-state index contributed by atoms with van der Waals surface area (Å²) in [6.07, 6.45) is 0. The average Bonchev–Trinajstić information content (AvgIpc) is 2.71. The van der Waals surface area contributed by atoms with Gasteiger partial charge in [0.05, 0.1) is 13.7 Å². The van der Waals surface area contributed by atoms with Crippen LogP contribution in [-0.2, 0) is 15.2 Å². The van der Waals surface area contributed by atoms with Crippen LogP contribution in [0.5, 0.6) is 0 Å². The van der Waals surface area contributed by atoms with E-state index < -0.39 is 0 Å². The summed E-state index contributed by atoms with van der Waals surface area (Å²) in [6, 6.07) is 1.97. The van der Waals surface area contributed by atoms with Gasteiger partial charge in [0.25, 0.3) is 0 Å². The molecule has 0 atom stereocenters. The largest absolute Gasteiger partial charge is 0.465 e. The molecule has 1 aromatic rings. The Labute approximate surface area is 97.8 Å². The van der Waals surface area contributed by atoms with Gasteiger partial charge in [-0.05, 0) is 17.0 Å². The molecule has 0 amide bonds. The van der Waals surface area contributed by atoms with Crippen molar-refractivity contribution >= 4 is 29.1 Å². The molecule has 0 unspecified atom stereocenters. The molecular formula is C10H14O3S2. The maximum atomic E-state index is 11.3. The second kappa shape index (κ2) is 6.87. The van der Waals surface area contributed by atoms with E-state index in [4.69, 9.17) is 9.47 Å². The number of carbonyl (C=O) groups excluding carboxylic acids is 1. The fraction of sp³-hybridized carbons (Fsp3) is 0.500. The maximum absolute atomic E-state index is 11.3. The minimum atomic E-state index is -0.243. The van der Waals surface area contributed by atoms with Gasteiger partial charge in [0, 0.05) is 18.6 Å². The van der Waals surface area contributed by atoms with Crippen molar-refractivity contribution in [3.63, 3.8) is 0 Å². The van der Waals surface area contributed by atoms with Crippen LogP contribution in [-0.4, -0.2) is 32.5 Å². The minimum absolute atomic E-state index is 0.243. The van der Waals surface area contributed by atoms with Crippen LogP contribution >= 0.6 is 23.1 Å². The maximum Gasteiger partial charge on any atom is 0.348 e. The number of hydrogen-bond acceptors (Lipinski definition) is 5. The lowest BCUT2D eigenvalue weighted by atomic mass is 10.3. The molecule has 0 bridgehead atoms. The third kappa shape index (κ3) is 3.85. The first kappa shape index (κ1) is 12.5. The molecule has 0 spiro atoms. The molecule has 1 rings (SSSR count). The Morgan fingerprint density at radius 3 is 3.00 bits per heavy atom. The normalized spacial score (nSPS) is 10.3. The lowest BCUT2D eigenvalue weighted by Crippen LogP contribution is -2.01. The molecule has 15 heavy (non-hydrogen) atoms. The van der Waals surface area contributed by atoms with Gasteiger partial charge in [-0.15, -0.1) is 11.3 Å². The van der Waals surface area contributed by atoms with Gasteiger partial charge in [-0.3, -0.25) is 0 Å². The molecule has 0 N–H and O–H groups in total. The van der Waals surface area contributed by atoms with Gasteiger partial charge in [0.2, 0.25) is 0 Å². The summed E-state index contributed by atoms with van der Waals surface area (Å²) in [6.45, 7) is 0.738. The van der Waals surface area contributed by atoms with Crippen LogP contribution in [0.3, 0.4) is 0 Å². The summed E-state index contributed by atoms with van der Waals surface area (Å²) >= 11 is 3.18. The summed E-state index contributed by atoms with van der Waals surface area (Å²) in [5, 5.41) is 1.92. The molecule has 0 radical (unpaired) electrons. The summed E-state index contributed by atoms with van der Waals surface area (Å²) in [4.78, 5) is 12.0. The summed E-state index contributed by atoms with van der Waals surface area (Å²) in [5.41, 5.74) is 1.05. The molecule has 0 saturated carbocycles. The predicted octanol–water partition coefficient (Wildman–Crippen LogP) is 2.41. The number of carbonyl (C=O) groups is 1. The zero-order valence-corrected chi connectivity index (χ0v) is 10.5. The molecule has 5 heteroatoms. The highest BCUT2D eigenvalue weighted by atomic mass is 32.2. The number of thioether (sulfide) groups is 1. The Hall–Kier alpha value is -0.520. The van der Waals surface area contributed by atoms with Crippen LogP contribution in [0, 0.1) is 0 Å². The number of thiophene rings is 1. The van der Waals surface area contributed by atoms with E-state index in [2.05, 4.69) is 0 Å². The van der Waals surface area contributed by atoms with Crippen LogP contribution in [0.4, 0.5) is 0 Å². The Morgan fingerprint density at radius 2 is 2.33 bits per heavy atom. The Balaban J connectivity index is 2.46. The van der Waals surface area contributed by atoms with Gasteiger partial charge in [0.1, 0.15) is 4.88 Å². The van der Waals surface area contributed by atoms with E-state index in [0.29, 0.717) is 4.88 Å². The molecule has 1 heterocycles. The van der Waals surface area contributed by atoms with Gasteiger partial charge in [0.15, 0.2) is 0 Å². The zero-order chi connectivity index (χ0) is 11.1. The van der Waals surface area contributed by atoms with Gasteiger partial charge in [-0.25, -0.2) is 4.79 Å². The highest BCUT2D eigenvalue weighted by molar-refractivity contribution is 7.98. The van der Waals surface area contributed by atoms with Crippen molar-refractivity contribution in [3.8, 4) is 0 Å². The quantitative estimate of drug-likeness (QED) is 0.570. The number of ether oxygens (including phenoxy) is 2. The summed E-state index contributed by atoms with van der Waals surface area (Å²) in [7, 11) is 3.09. The van der Waals surface area contributed by atoms with Gasteiger partial charge in [-0.2, -0.15) is 11.8 Å². The molecule has 0 aliphatic heterocycles. The van der Waals surface area contributed by atoms with Crippen LogP contribution in [0.25, 0.3) is 0 Å². The number of methoxy groups -OCH3 is 2. The van der Waals surface area contributed by atoms with E-state index in [1.807, 2.05) is 11.4 Å². The lowest BCUT2D eigenvalue weighted by Gasteiger charge is -2.02. The van der Waals surface area contributed by atoms with Crippen LogP contribution in [0.1, 0.15) is 15.2 Å². The van der Waals surface area contributed by atoms with Crippen molar-refractivity contribution in [1.29, 1.82) is 0 Å². The van der Waals surface area contributed by atoms with E-state index in [9.17, 15) is 4.79 Å². The van der Waals surface area contributed by atoms with Crippen molar-refractivity contribution in [2.45, 2.75) is 5.75 Å². The fourth-order valence-corrected chi connectivity index (χ4v) is 2.87. The van der Waals surface area contributed by atoms with Crippen LogP contribution < -0.4 is 0 Å². The lowest BCUT2D eigenvalue weighted by molar-refractivity contribution is 0.0605. The van der Waals surface area contributed by atoms with E-state index in [-0.39, 0.29) is 5.97 Å². The second-order valence-electron chi connectivity index (χ2n) is 2.81. The smallest absolute Gasteiger partial charge is 0.348 e. The average molecular weight is 246 g/mol. The minimum Gasteiger partial charge on any atom is -0.465 e. The number of esters is 1. The second-order valence-corrected chi connectivity index (χ2v) is 4.83. The van der Waals surface area contributed by atoms with E-state index in [0.717, 1.165) is 23.7 Å². The Kier molecular flexibility index (Phi) is 5.75. The molecule has 1 aromatic heterocycles. The molecule has 0 aliphatic rings. The van der Waals surface area contributed by atoms with Crippen molar-refractivity contribution in [2.75, 3.05) is 26.6 Å². The Morgan fingerprint density at radius 1 is 1.53 bits per heavy atom. The van der Waals surface area contributed by atoms with Crippen molar-refractivity contribution in [2.24, 2.45) is 0 Å². The van der Waals surface area contributed by atoms with Crippen LogP contribution in [0.15, 0.2) is 11.4 Å². The van der Waals surface area contributed by atoms with Crippen molar-refractivity contribution in [1.82, 2.24) is 0 Å². The molecule has 3 nitrogen and oxygen atoms in total. The topological polar surface area (TPSA) is 35.5 Å². The van der Waals surface area contributed by atoms with Crippen molar-refractivity contribution in [3.05, 3.63) is 21.9 Å². The van der Waals surface area contributed by atoms with E-state index >= 15 is 0 Å². The molecule has 0 aliphatic carbocycles. The SMILES string of the molecule is COCCSCc1ccsc1C(=O)OC. The van der Waals surface area contributed by atoms with Crippen molar-refractivity contribution < 1.29 is 14.3 Å².